The largest absolute Gasteiger partial charge is 0.254 e. The predicted molar refractivity (Wildman–Crippen MR) is 87.3 cm³/mol. The molecule has 2 aromatic carbocycles. The second-order valence-corrected chi connectivity index (χ2v) is 4.96. The van der Waals surface area contributed by atoms with Crippen LogP contribution in [0.1, 0.15) is 10.8 Å². The molecule has 0 unspecified atom stereocenters. The molecule has 0 aliphatic rings. The zero-order valence-electron chi connectivity index (χ0n) is 11.1. The smallest absolute Gasteiger partial charge is 0.184 e. The molecule has 0 amide bonds. The molecule has 3 rings (SSSR count). The number of rotatable bonds is 4. The predicted octanol–water partition coefficient (Wildman–Crippen LogP) is 4.04. The molecule has 0 aliphatic carbocycles. The normalized spacial score (nSPS) is 11.4. The van der Waals surface area contributed by atoms with Crippen LogP contribution in [0.15, 0.2) is 70.6 Å². The lowest BCUT2D eigenvalue weighted by molar-refractivity contribution is 1.28. The minimum atomic E-state index is 0.596. The van der Waals surface area contributed by atoms with Crippen LogP contribution in [0.3, 0.4) is 0 Å². The van der Waals surface area contributed by atoms with Crippen molar-refractivity contribution in [3.63, 3.8) is 0 Å². The van der Waals surface area contributed by atoms with E-state index >= 15 is 0 Å². The first-order valence-electron chi connectivity index (χ1n) is 6.42. The van der Waals surface area contributed by atoms with Gasteiger partial charge < -0.3 is 0 Å². The lowest BCUT2D eigenvalue weighted by Crippen LogP contribution is -1.85. The molecule has 0 atom stereocenters. The summed E-state index contributed by atoms with van der Waals surface area (Å²) in [5, 5.41) is 0.758. The summed E-state index contributed by atoms with van der Waals surface area (Å²) in [6, 6.07) is 19.4. The zero-order valence-corrected chi connectivity index (χ0v) is 11.9. The number of para-hydroxylation sites is 2. The van der Waals surface area contributed by atoms with Gasteiger partial charge in [-0.2, -0.15) is 4.37 Å². The highest BCUT2D eigenvalue weighted by molar-refractivity contribution is 7.07. The fraction of sp³-hybridized carbons (Fsp3) is 0. The molecule has 1 aromatic heterocycles. The first-order chi connectivity index (χ1) is 10.4. The van der Waals surface area contributed by atoms with E-state index in [2.05, 4.69) is 19.3 Å². The molecule has 1 heterocycles. The Kier molecular flexibility index (Phi) is 4.24. The van der Waals surface area contributed by atoms with E-state index in [0.29, 0.717) is 5.82 Å². The molecule has 5 heteroatoms. The number of aliphatic imine (C=N–C) groups is 2. The second kappa shape index (κ2) is 6.67. The molecular formula is C16H12N4S. The summed E-state index contributed by atoms with van der Waals surface area (Å²) in [5.41, 5.74) is 1.78. The zero-order chi connectivity index (χ0) is 14.3. The Morgan fingerprint density at radius 3 is 1.95 bits per heavy atom. The average Bonchev–Trinajstić information content (AvgIpc) is 3.01. The molecule has 4 nitrogen and oxygen atoms in total. The molecule has 0 saturated carbocycles. The summed E-state index contributed by atoms with van der Waals surface area (Å²) < 4.78 is 4.23. The summed E-state index contributed by atoms with van der Waals surface area (Å²) in [6.07, 6.45) is 3.37. The first-order valence-corrected chi connectivity index (χ1v) is 7.19. The maximum Gasteiger partial charge on any atom is 0.184 e. The minimum Gasteiger partial charge on any atom is -0.254 e. The van der Waals surface area contributed by atoms with Gasteiger partial charge in [0.15, 0.2) is 10.8 Å². The standard InChI is InChI=1S/C16H12N4S/c1-3-7-13(8-4-1)17-11-15-19-16(21-20-15)12-18-14-9-5-2-6-10-14/h1-12H. The molecule has 0 saturated heterocycles. The lowest BCUT2D eigenvalue weighted by atomic mass is 10.3. The fourth-order valence-electron chi connectivity index (χ4n) is 1.64. The molecule has 0 bridgehead atoms. The summed E-state index contributed by atoms with van der Waals surface area (Å²) in [4.78, 5) is 13.0. The SMILES string of the molecule is C(=Nc1ccccc1)c1nsc(C=Nc2ccccc2)n1. The van der Waals surface area contributed by atoms with Gasteiger partial charge in [-0.3, -0.25) is 9.98 Å². The van der Waals surface area contributed by atoms with E-state index in [1.807, 2.05) is 60.7 Å². The Balaban J connectivity index is 1.69. The van der Waals surface area contributed by atoms with Gasteiger partial charge in [-0.25, -0.2) is 4.98 Å². The van der Waals surface area contributed by atoms with Gasteiger partial charge in [-0.05, 0) is 35.8 Å². The van der Waals surface area contributed by atoms with Crippen molar-refractivity contribution in [3.05, 3.63) is 71.5 Å². The Morgan fingerprint density at radius 2 is 1.33 bits per heavy atom. The van der Waals surface area contributed by atoms with E-state index in [-0.39, 0.29) is 0 Å². The third-order valence-electron chi connectivity index (χ3n) is 2.62. The average molecular weight is 292 g/mol. The van der Waals surface area contributed by atoms with E-state index < -0.39 is 0 Å². The number of hydrogen-bond donors (Lipinski definition) is 0. The Morgan fingerprint density at radius 1 is 0.762 bits per heavy atom. The van der Waals surface area contributed by atoms with Crippen molar-refractivity contribution in [1.29, 1.82) is 0 Å². The van der Waals surface area contributed by atoms with Crippen LogP contribution in [0.2, 0.25) is 0 Å². The van der Waals surface area contributed by atoms with Gasteiger partial charge in [0.05, 0.1) is 23.8 Å². The van der Waals surface area contributed by atoms with Crippen LogP contribution >= 0.6 is 11.5 Å². The fourth-order valence-corrected chi connectivity index (χ4v) is 2.15. The van der Waals surface area contributed by atoms with Crippen molar-refractivity contribution < 1.29 is 0 Å². The van der Waals surface area contributed by atoms with E-state index in [4.69, 9.17) is 0 Å². The topological polar surface area (TPSA) is 50.5 Å². The molecule has 0 radical (unpaired) electrons. The van der Waals surface area contributed by atoms with Crippen LogP contribution in [0.4, 0.5) is 11.4 Å². The molecular weight excluding hydrogens is 280 g/mol. The van der Waals surface area contributed by atoms with Gasteiger partial charge in [0.25, 0.3) is 0 Å². The highest BCUT2D eigenvalue weighted by Gasteiger charge is 1.99. The van der Waals surface area contributed by atoms with Crippen molar-refractivity contribution >= 4 is 35.3 Å². The van der Waals surface area contributed by atoms with Crippen molar-refractivity contribution in [3.8, 4) is 0 Å². The number of hydrogen-bond acceptors (Lipinski definition) is 5. The summed E-state index contributed by atoms with van der Waals surface area (Å²) in [7, 11) is 0. The quantitative estimate of drug-likeness (QED) is 0.681. The maximum atomic E-state index is 4.35. The van der Waals surface area contributed by atoms with E-state index in [1.54, 1.807) is 12.4 Å². The Labute approximate surface area is 126 Å². The molecule has 0 aliphatic heterocycles. The van der Waals surface area contributed by atoms with Gasteiger partial charge in [0, 0.05) is 0 Å². The summed E-state index contributed by atoms with van der Waals surface area (Å²) >= 11 is 1.30. The molecule has 0 N–H and O–H groups in total. The highest BCUT2D eigenvalue weighted by atomic mass is 32.1. The Hall–Kier alpha value is -2.66. The number of aromatic nitrogens is 2. The van der Waals surface area contributed by atoms with Crippen molar-refractivity contribution in [2.75, 3.05) is 0 Å². The van der Waals surface area contributed by atoms with Gasteiger partial charge in [0.2, 0.25) is 0 Å². The van der Waals surface area contributed by atoms with Crippen molar-refractivity contribution in [2.24, 2.45) is 9.98 Å². The Bertz CT molecular complexity index is 684. The number of nitrogens with zero attached hydrogens (tertiary/aromatic N) is 4. The van der Waals surface area contributed by atoms with Crippen molar-refractivity contribution in [1.82, 2.24) is 9.36 Å². The molecule has 102 valence electrons. The van der Waals surface area contributed by atoms with Crippen LogP contribution in [-0.2, 0) is 0 Å². The van der Waals surface area contributed by atoms with E-state index in [1.165, 1.54) is 11.5 Å². The highest BCUT2D eigenvalue weighted by Crippen LogP contribution is 2.11. The first kappa shape index (κ1) is 13.3. The van der Waals surface area contributed by atoms with Crippen LogP contribution in [0.25, 0.3) is 0 Å². The molecule has 0 fully saturated rings. The van der Waals surface area contributed by atoms with E-state index in [0.717, 1.165) is 16.4 Å². The maximum absolute atomic E-state index is 4.35. The van der Waals surface area contributed by atoms with Crippen LogP contribution < -0.4 is 0 Å². The summed E-state index contributed by atoms with van der Waals surface area (Å²) in [6.45, 7) is 0. The van der Waals surface area contributed by atoms with Gasteiger partial charge in [-0.1, -0.05) is 36.4 Å². The van der Waals surface area contributed by atoms with Crippen LogP contribution in [0.5, 0.6) is 0 Å². The van der Waals surface area contributed by atoms with Gasteiger partial charge >= 0.3 is 0 Å². The molecule has 3 aromatic rings. The number of benzene rings is 2. The van der Waals surface area contributed by atoms with Crippen LogP contribution in [-0.4, -0.2) is 21.8 Å². The van der Waals surface area contributed by atoms with E-state index in [9.17, 15) is 0 Å². The monoisotopic (exact) mass is 292 g/mol. The molecule has 0 spiro atoms. The molecule has 21 heavy (non-hydrogen) atoms. The minimum absolute atomic E-state index is 0.596. The third kappa shape index (κ3) is 3.90. The van der Waals surface area contributed by atoms with Gasteiger partial charge in [0.1, 0.15) is 0 Å². The lowest BCUT2D eigenvalue weighted by Gasteiger charge is -1.89. The van der Waals surface area contributed by atoms with Crippen LogP contribution in [0, 0.1) is 0 Å². The second-order valence-electron chi connectivity index (χ2n) is 4.18. The van der Waals surface area contributed by atoms with Gasteiger partial charge in [-0.15, -0.1) is 0 Å². The third-order valence-corrected chi connectivity index (χ3v) is 3.29. The van der Waals surface area contributed by atoms with Crippen molar-refractivity contribution in [2.45, 2.75) is 0 Å². The summed E-state index contributed by atoms with van der Waals surface area (Å²) in [5.74, 6) is 0.596.